The van der Waals surface area contributed by atoms with Crippen molar-refractivity contribution in [1.29, 1.82) is 0 Å². The van der Waals surface area contributed by atoms with Crippen LogP contribution in [0.3, 0.4) is 0 Å². The second-order valence-electron chi connectivity index (χ2n) is 7.78. The van der Waals surface area contributed by atoms with Crippen molar-refractivity contribution in [2.75, 3.05) is 45.1 Å². The number of hydrogen-bond acceptors (Lipinski definition) is 7. The van der Waals surface area contributed by atoms with Crippen LogP contribution in [-0.2, 0) is 4.79 Å². The molecule has 0 atom stereocenters. The van der Waals surface area contributed by atoms with Gasteiger partial charge in [0, 0.05) is 40.9 Å². The summed E-state index contributed by atoms with van der Waals surface area (Å²) in [5, 5.41) is 13.2. The van der Waals surface area contributed by atoms with Gasteiger partial charge in [-0.25, -0.2) is 9.38 Å². The van der Waals surface area contributed by atoms with E-state index in [1.165, 1.54) is 11.8 Å². The molecule has 0 spiro atoms. The molecule has 2 aromatic carbocycles. The number of likely N-dealkylation sites (N-methyl/N-ethyl adjacent to an activating group) is 1. The molecule has 1 aliphatic heterocycles. The molecule has 5 rings (SSSR count). The Kier molecular flexibility index (Phi) is 6.09. The van der Waals surface area contributed by atoms with E-state index in [-0.39, 0.29) is 5.91 Å². The van der Waals surface area contributed by atoms with E-state index < -0.39 is 0 Å². The van der Waals surface area contributed by atoms with Gasteiger partial charge in [-0.2, -0.15) is 0 Å². The number of aromatic nitrogens is 4. The second-order valence-corrected chi connectivity index (χ2v) is 9.73. The quantitative estimate of drug-likeness (QED) is 0.411. The molecule has 0 saturated carbocycles. The Balaban J connectivity index is 1.48. The van der Waals surface area contributed by atoms with Crippen LogP contribution >= 0.6 is 27.7 Å². The van der Waals surface area contributed by atoms with E-state index in [0.717, 1.165) is 46.5 Å². The van der Waals surface area contributed by atoms with E-state index in [0.29, 0.717) is 23.3 Å². The molecular formula is C22H22BrN7OS. The van der Waals surface area contributed by atoms with E-state index in [2.05, 4.69) is 48.3 Å². The molecule has 1 amide bonds. The maximum absolute atomic E-state index is 12.8. The van der Waals surface area contributed by atoms with Crippen molar-refractivity contribution in [3.63, 3.8) is 0 Å². The number of carbonyl (C=O) groups excluding carboxylic acids is 1. The van der Waals surface area contributed by atoms with Crippen LogP contribution in [0.1, 0.15) is 0 Å². The van der Waals surface area contributed by atoms with E-state index in [1.807, 2.05) is 52.9 Å². The first-order chi connectivity index (χ1) is 15.6. The molecule has 4 aromatic rings. The van der Waals surface area contributed by atoms with Crippen molar-refractivity contribution in [2.45, 2.75) is 10.1 Å². The Bertz CT molecular complexity index is 1270. The van der Waals surface area contributed by atoms with E-state index in [1.54, 1.807) is 0 Å². The van der Waals surface area contributed by atoms with Crippen LogP contribution in [0.2, 0.25) is 0 Å². The summed E-state index contributed by atoms with van der Waals surface area (Å²) >= 11 is 4.98. The van der Waals surface area contributed by atoms with Gasteiger partial charge in [-0.15, -0.1) is 10.2 Å². The van der Waals surface area contributed by atoms with Crippen molar-refractivity contribution >= 4 is 56.1 Å². The Morgan fingerprint density at radius 2 is 1.81 bits per heavy atom. The first kappa shape index (κ1) is 21.3. The summed E-state index contributed by atoms with van der Waals surface area (Å²) in [5.74, 6) is 0.286. The smallest absolute Gasteiger partial charge is 0.240 e. The summed E-state index contributed by atoms with van der Waals surface area (Å²) in [7, 11) is 2.10. The zero-order chi connectivity index (χ0) is 22.1. The lowest BCUT2D eigenvalue weighted by molar-refractivity contribution is -0.117. The van der Waals surface area contributed by atoms with Crippen LogP contribution < -0.4 is 5.32 Å². The van der Waals surface area contributed by atoms with Crippen LogP contribution in [-0.4, -0.2) is 75.1 Å². The summed E-state index contributed by atoms with van der Waals surface area (Å²) in [5.41, 5.74) is 1.51. The third-order valence-electron chi connectivity index (χ3n) is 5.45. The average Bonchev–Trinajstić information content (AvgIpc) is 3.21. The van der Waals surface area contributed by atoms with Gasteiger partial charge in [-0.1, -0.05) is 39.8 Å². The fraction of sp³-hybridized carbons (Fsp3) is 0.273. The molecule has 8 nitrogen and oxygen atoms in total. The molecule has 1 fully saturated rings. The maximum Gasteiger partial charge on any atom is 0.240 e. The zero-order valence-corrected chi connectivity index (χ0v) is 19.9. The predicted octanol–water partition coefficient (Wildman–Crippen LogP) is 3.38. The summed E-state index contributed by atoms with van der Waals surface area (Å²) in [6.07, 6.45) is 0. The van der Waals surface area contributed by atoms with Crippen molar-refractivity contribution in [3.8, 4) is 0 Å². The van der Waals surface area contributed by atoms with Crippen LogP contribution in [0.25, 0.3) is 16.6 Å². The fourth-order valence-electron chi connectivity index (χ4n) is 3.68. The molecule has 0 aliphatic carbocycles. The zero-order valence-electron chi connectivity index (χ0n) is 17.5. The third kappa shape index (κ3) is 4.49. The Morgan fingerprint density at radius 1 is 1.06 bits per heavy atom. The fourth-order valence-corrected chi connectivity index (χ4v) is 4.84. The number of halogens is 1. The highest BCUT2D eigenvalue weighted by Crippen LogP contribution is 2.32. The highest BCUT2D eigenvalue weighted by Gasteiger charge is 2.20. The van der Waals surface area contributed by atoms with E-state index in [9.17, 15) is 4.79 Å². The van der Waals surface area contributed by atoms with Crippen molar-refractivity contribution in [3.05, 3.63) is 53.0 Å². The second kappa shape index (κ2) is 9.14. The first-order valence-electron chi connectivity index (χ1n) is 10.3. The first-order valence-corrected chi connectivity index (χ1v) is 12.0. The summed E-state index contributed by atoms with van der Waals surface area (Å²) in [6, 6.07) is 15.9. The number of hydrogen-bond donors (Lipinski definition) is 1. The van der Waals surface area contributed by atoms with Gasteiger partial charge >= 0.3 is 0 Å². The maximum atomic E-state index is 12.8. The standard InChI is InChI=1S/C22H22BrN7OS/c1-28-10-12-29(13-11-28)14-19(31)25-21-27-26-20-17-4-2-3-5-18(17)24-22(30(20)21)32-16-8-6-15(23)7-9-16/h2-9H,10-14H2,1H3,(H,25,27,31). The van der Waals surface area contributed by atoms with Gasteiger partial charge in [0.05, 0.1) is 12.1 Å². The Morgan fingerprint density at radius 3 is 2.59 bits per heavy atom. The average molecular weight is 512 g/mol. The monoisotopic (exact) mass is 511 g/mol. The lowest BCUT2D eigenvalue weighted by Crippen LogP contribution is -2.47. The molecule has 164 valence electrons. The van der Waals surface area contributed by atoms with Crippen molar-refractivity contribution < 1.29 is 4.79 Å². The highest BCUT2D eigenvalue weighted by molar-refractivity contribution is 9.10. The van der Waals surface area contributed by atoms with E-state index >= 15 is 0 Å². The molecular weight excluding hydrogens is 490 g/mol. The van der Waals surface area contributed by atoms with Gasteiger partial charge in [0.1, 0.15) is 0 Å². The molecule has 1 aliphatic rings. The molecule has 1 saturated heterocycles. The number of nitrogens with zero attached hydrogens (tertiary/aromatic N) is 6. The minimum atomic E-state index is -0.100. The summed E-state index contributed by atoms with van der Waals surface area (Å²) in [6.45, 7) is 4.01. The molecule has 2 aromatic heterocycles. The van der Waals surface area contributed by atoms with Gasteiger partial charge in [0.15, 0.2) is 10.8 Å². The van der Waals surface area contributed by atoms with Crippen LogP contribution in [0.15, 0.2) is 63.1 Å². The molecule has 0 unspecified atom stereocenters. The molecule has 0 bridgehead atoms. The lowest BCUT2D eigenvalue weighted by Gasteiger charge is -2.31. The number of para-hydroxylation sites is 1. The normalized spacial score (nSPS) is 15.4. The summed E-state index contributed by atoms with van der Waals surface area (Å²) in [4.78, 5) is 23.1. The molecule has 0 radical (unpaired) electrons. The lowest BCUT2D eigenvalue weighted by atomic mass is 10.2. The Labute approximate surface area is 198 Å². The highest BCUT2D eigenvalue weighted by atomic mass is 79.9. The number of nitrogens with one attached hydrogen (secondary N) is 1. The number of anilines is 1. The topological polar surface area (TPSA) is 78.7 Å². The number of carbonyl (C=O) groups is 1. The number of benzene rings is 2. The number of amides is 1. The molecule has 32 heavy (non-hydrogen) atoms. The Hall–Kier alpha value is -2.53. The van der Waals surface area contributed by atoms with E-state index in [4.69, 9.17) is 4.98 Å². The van der Waals surface area contributed by atoms with Gasteiger partial charge < -0.3 is 4.90 Å². The third-order valence-corrected chi connectivity index (χ3v) is 6.95. The van der Waals surface area contributed by atoms with Crippen LogP contribution in [0.5, 0.6) is 0 Å². The van der Waals surface area contributed by atoms with Gasteiger partial charge in [-0.3, -0.25) is 15.0 Å². The minimum Gasteiger partial charge on any atom is -0.304 e. The molecule has 3 heterocycles. The predicted molar refractivity (Wildman–Crippen MR) is 129 cm³/mol. The summed E-state index contributed by atoms with van der Waals surface area (Å²) < 4.78 is 2.84. The van der Waals surface area contributed by atoms with Gasteiger partial charge in [0.25, 0.3) is 0 Å². The van der Waals surface area contributed by atoms with Crippen molar-refractivity contribution in [2.24, 2.45) is 0 Å². The van der Waals surface area contributed by atoms with Crippen LogP contribution in [0.4, 0.5) is 5.95 Å². The van der Waals surface area contributed by atoms with Crippen LogP contribution in [0, 0.1) is 0 Å². The SMILES string of the molecule is CN1CCN(CC(=O)Nc2nnc3c4ccccc4nc(Sc4ccc(Br)cc4)n23)CC1. The molecule has 1 N–H and O–H groups in total. The molecule has 10 heteroatoms. The minimum absolute atomic E-state index is 0.100. The van der Waals surface area contributed by atoms with Gasteiger partial charge in [0.2, 0.25) is 11.9 Å². The van der Waals surface area contributed by atoms with Gasteiger partial charge in [-0.05, 0) is 43.4 Å². The largest absolute Gasteiger partial charge is 0.304 e. The number of piperazine rings is 1. The van der Waals surface area contributed by atoms with Crippen molar-refractivity contribution in [1.82, 2.24) is 29.4 Å². The number of rotatable bonds is 5. The number of fused-ring (bicyclic) bond motifs is 3.